The van der Waals surface area contributed by atoms with Gasteiger partial charge in [-0.15, -0.1) is 0 Å². The third-order valence-electron chi connectivity index (χ3n) is 13.1. The summed E-state index contributed by atoms with van der Waals surface area (Å²) >= 11 is 0. The first kappa shape index (κ1) is 36.9. The lowest BCUT2D eigenvalue weighted by Gasteiger charge is -2.47. The minimum absolute atomic E-state index is 0.159. The van der Waals surface area contributed by atoms with Crippen LogP contribution < -0.4 is 0 Å². The minimum Gasteiger partial charge on any atom is -0.271 e. The van der Waals surface area contributed by atoms with Gasteiger partial charge in [-0.1, -0.05) is 179 Å². The van der Waals surface area contributed by atoms with E-state index in [-0.39, 0.29) is 11.7 Å². The van der Waals surface area contributed by atoms with Crippen LogP contribution in [0.25, 0.3) is 27.5 Å². The van der Waals surface area contributed by atoms with Crippen LogP contribution in [0.5, 0.6) is 0 Å². The Hall–Kier alpha value is -5.05. The number of hydrogen-bond acceptors (Lipinski definition) is 2. The normalized spacial score (nSPS) is 24.1. The van der Waals surface area contributed by atoms with Crippen molar-refractivity contribution in [2.24, 2.45) is 16.8 Å². The maximum absolute atomic E-state index is 5.70. The van der Waals surface area contributed by atoms with Crippen molar-refractivity contribution in [3.63, 3.8) is 0 Å². The van der Waals surface area contributed by atoms with E-state index in [2.05, 4.69) is 192 Å². The van der Waals surface area contributed by atoms with E-state index >= 15 is 0 Å². The molecule has 5 aromatic rings. The Labute approximate surface area is 329 Å². The molecule has 8 rings (SSSR count). The molecule has 1 heterocycles. The van der Waals surface area contributed by atoms with E-state index in [0.29, 0.717) is 17.8 Å². The molecular weight excluding hydrogens is 665 g/mol. The standard InChI is InChI=1S/C53H56N2/c1-7-37-15-12-18-43(33-37)40-23-25-42(26-24-40)51-35-53(5,45-29-27-41(28-30-45)44-19-13-16-38(8-2)34-44)55(6)52(54-51)50-32-31-49(47-20-10-11-21-48(47)50)46-22-14-17-39(9-3)36(46)4/h10-15,17-34,36,38,46,52H,7-9,16,35H2,1-6H3. The van der Waals surface area contributed by atoms with Gasteiger partial charge in [0, 0.05) is 18.1 Å². The second kappa shape index (κ2) is 15.6. The predicted octanol–water partition coefficient (Wildman–Crippen LogP) is 13.8. The van der Waals surface area contributed by atoms with Crippen LogP contribution in [0, 0.1) is 11.8 Å². The van der Waals surface area contributed by atoms with E-state index in [1.165, 1.54) is 72.8 Å². The van der Waals surface area contributed by atoms with Gasteiger partial charge in [0.15, 0.2) is 0 Å². The number of fused-ring (bicyclic) bond motifs is 1. The lowest BCUT2D eigenvalue weighted by atomic mass is 9.76. The summed E-state index contributed by atoms with van der Waals surface area (Å²) in [5.74, 6) is 1.44. The van der Waals surface area contributed by atoms with Crippen molar-refractivity contribution in [1.82, 2.24) is 4.90 Å². The van der Waals surface area contributed by atoms with E-state index in [0.717, 1.165) is 31.4 Å². The molecule has 2 nitrogen and oxygen atoms in total. The number of rotatable bonds is 9. The molecule has 0 N–H and O–H groups in total. The van der Waals surface area contributed by atoms with E-state index in [4.69, 9.17) is 4.99 Å². The molecule has 5 unspecified atom stereocenters. The highest BCUT2D eigenvalue weighted by Gasteiger charge is 2.42. The third-order valence-corrected chi connectivity index (χ3v) is 13.1. The van der Waals surface area contributed by atoms with Crippen LogP contribution >= 0.6 is 0 Å². The van der Waals surface area contributed by atoms with E-state index in [1.54, 1.807) is 0 Å². The number of allylic oxidation sites excluding steroid dienone is 8. The molecule has 5 aromatic carbocycles. The summed E-state index contributed by atoms with van der Waals surface area (Å²) in [5, 5.41) is 2.62. The van der Waals surface area contributed by atoms with Crippen LogP contribution in [0.1, 0.15) is 106 Å². The molecule has 2 heteroatoms. The number of aliphatic imine (C=N–C) groups is 1. The summed E-state index contributed by atoms with van der Waals surface area (Å²) in [6, 6.07) is 41.3. The first-order chi connectivity index (χ1) is 26.8. The Kier molecular flexibility index (Phi) is 10.5. The minimum atomic E-state index is -0.293. The van der Waals surface area contributed by atoms with Crippen molar-refractivity contribution >= 4 is 22.1 Å². The van der Waals surface area contributed by atoms with Crippen LogP contribution in [0.3, 0.4) is 0 Å². The zero-order valence-corrected chi connectivity index (χ0v) is 33.6. The van der Waals surface area contributed by atoms with Crippen molar-refractivity contribution in [1.29, 1.82) is 0 Å². The molecule has 0 saturated heterocycles. The number of nitrogens with zero attached hydrogens (tertiary/aromatic N) is 2. The van der Waals surface area contributed by atoms with Gasteiger partial charge in [0.25, 0.3) is 0 Å². The summed E-state index contributed by atoms with van der Waals surface area (Å²) in [6.45, 7) is 11.6. The Morgan fingerprint density at radius 1 is 0.745 bits per heavy atom. The Balaban J connectivity index is 1.22. The highest BCUT2D eigenvalue weighted by Crippen LogP contribution is 2.46. The summed E-state index contributed by atoms with van der Waals surface area (Å²) < 4.78 is 0. The largest absolute Gasteiger partial charge is 0.271 e. The smallest absolute Gasteiger partial charge is 0.129 e. The second-order valence-electron chi connectivity index (χ2n) is 16.2. The maximum atomic E-state index is 5.70. The highest BCUT2D eigenvalue weighted by atomic mass is 15.3. The van der Waals surface area contributed by atoms with Crippen LogP contribution in [-0.2, 0) is 12.0 Å². The molecule has 0 amide bonds. The number of benzene rings is 5. The van der Waals surface area contributed by atoms with Crippen molar-refractivity contribution in [2.45, 2.75) is 84.3 Å². The van der Waals surface area contributed by atoms with Crippen molar-refractivity contribution in [3.8, 4) is 11.1 Å². The average molecular weight is 721 g/mol. The van der Waals surface area contributed by atoms with Gasteiger partial charge in [-0.2, -0.15) is 0 Å². The topological polar surface area (TPSA) is 15.6 Å². The molecule has 2 aliphatic carbocycles. The summed E-state index contributed by atoms with van der Waals surface area (Å²) in [6.07, 6.45) is 19.2. The van der Waals surface area contributed by atoms with Gasteiger partial charge in [-0.3, -0.25) is 9.89 Å². The van der Waals surface area contributed by atoms with E-state index < -0.39 is 0 Å². The summed E-state index contributed by atoms with van der Waals surface area (Å²) in [4.78, 5) is 8.23. The quantitative estimate of drug-likeness (QED) is 0.148. The number of hydrogen-bond donors (Lipinski definition) is 0. The van der Waals surface area contributed by atoms with Gasteiger partial charge in [0.1, 0.15) is 6.17 Å². The second-order valence-corrected chi connectivity index (χ2v) is 16.2. The van der Waals surface area contributed by atoms with Gasteiger partial charge >= 0.3 is 0 Å². The van der Waals surface area contributed by atoms with Gasteiger partial charge in [0.05, 0.1) is 5.54 Å². The van der Waals surface area contributed by atoms with Crippen molar-refractivity contribution in [3.05, 3.63) is 185 Å². The zero-order chi connectivity index (χ0) is 38.1. The summed E-state index contributed by atoms with van der Waals surface area (Å²) in [5.41, 5.74) is 14.1. The fourth-order valence-corrected chi connectivity index (χ4v) is 9.36. The molecule has 278 valence electrons. The maximum Gasteiger partial charge on any atom is 0.129 e. The molecule has 55 heavy (non-hydrogen) atoms. The predicted molar refractivity (Wildman–Crippen MR) is 236 cm³/mol. The fraction of sp³-hybridized carbons (Fsp3) is 0.302. The SMILES string of the molecule is CCC1=CC=CC(c2ccc(C3N=C(c4ccc(-c5cccc(CC)c5)cc4)CC(C)(c4ccc(C5=CC(CC)CC=C5)cc4)N3C)c3ccccc23)C1C. The Bertz CT molecular complexity index is 2330. The molecule has 5 atom stereocenters. The monoisotopic (exact) mass is 720 g/mol. The molecular formula is C53H56N2. The Morgan fingerprint density at radius 2 is 1.45 bits per heavy atom. The summed E-state index contributed by atoms with van der Waals surface area (Å²) in [7, 11) is 2.29. The zero-order valence-electron chi connectivity index (χ0n) is 33.6. The molecule has 1 aliphatic heterocycles. The average Bonchev–Trinajstić information content (AvgIpc) is 3.24. The van der Waals surface area contributed by atoms with Gasteiger partial charge < -0.3 is 0 Å². The number of aryl methyl sites for hydroxylation is 1. The Morgan fingerprint density at radius 3 is 2.18 bits per heavy atom. The lowest BCUT2D eigenvalue weighted by Crippen LogP contribution is -2.48. The van der Waals surface area contributed by atoms with Crippen LogP contribution in [0.2, 0.25) is 0 Å². The molecule has 0 radical (unpaired) electrons. The molecule has 0 fully saturated rings. The third kappa shape index (κ3) is 7.02. The first-order valence-electron chi connectivity index (χ1n) is 20.7. The molecule has 0 saturated carbocycles. The van der Waals surface area contributed by atoms with Crippen LogP contribution in [-0.4, -0.2) is 17.7 Å². The van der Waals surface area contributed by atoms with Gasteiger partial charge in [-0.05, 0) is 112 Å². The van der Waals surface area contributed by atoms with Crippen LogP contribution in [0.15, 0.2) is 156 Å². The fourth-order valence-electron chi connectivity index (χ4n) is 9.36. The molecule has 0 aromatic heterocycles. The highest BCUT2D eigenvalue weighted by molar-refractivity contribution is 6.02. The van der Waals surface area contributed by atoms with Crippen molar-refractivity contribution in [2.75, 3.05) is 7.05 Å². The molecule has 0 spiro atoms. The van der Waals surface area contributed by atoms with Crippen LogP contribution in [0.4, 0.5) is 0 Å². The van der Waals surface area contributed by atoms with Gasteiger partial charge in [0.2, 0.25) is 0 Å². The van der Waals surface area contributed by atoms with E-state index in [1.807, 2.05) is 0 Å². The first-order valence-corrected chi connectivity index (χ1v) is 20.7. The molecule has 3 aliphatic rings. The van der Waals surface area contributed by atoms with E-state index in [9.17, 15) is 0 Å². The van der Waals surface area contributed by atoms with Gasteiger partial charge in [-0.25, -0.2) is 0 Å². The molecule has 0 bridgehead atoms. The van der Waals surface area contributed by atoms with Crippen molar-refractivity contribution < 1.29 is 0 Å². The lowest BCUT2D eigenvalue weighted by molar-refractivity contribution is 0.0824.